The van der Waals surface area contributed by atoms with Gasteiger partial charge in [-0.25, -0.2) is 8.78 Å². The van der Waals surface area contributed by atoms with E-state index in [0.29, 0.717) is 17.6 Å². The summed E-state index contributed by atoms with van der Waals surface area (Å²) in [6.07, 6.45) is 9.19. The van der Waals surface area contributed by atoms with Gasteiger partial charge in [-0.1, -0.05) is 37.1 Å². The molecular weight excluding hydrogens is 316 g/mol. The topological polar surface area (TPSA) is 3.24 Å². The Hall–Kier alpha value is -1.74. The molecule has 0 aromatic heterocycles. The van der Waals surface area contributed by atoms with Gasteiger partial charge >= 0.3 is 0 Å². The third-order valence-electron chi connectivity index (χ3n) is 4.67. The molecule has 0 N–H and O–H groups in total. The van der Waals surface area contributed by atoms with E-state index in [4.69, 9.17) is 0 Å². The van der Waals surface area contributed by atoms with E-state index >= 15 is 0 Å². The first-order valence-electron chi connectivity index (χ1n) is 9.08. The lowest BCUT2D eigenvalue weighted by molar-refractivity contribution is 0.385. The summed E-state index contributed by atoms with van der Waals surface area (Å²) in [6.45, 7) is 5.07. The largest absolute Gasteiger partial charge is 0.309 e. The summed E-state index contributed by atoms with van der Waals surface area (Å²) in [5.74, 6) is -0.494. The number of nitrogens with zero attached hydrogens (tertiary/aromatic N) is 1. The van der Waals surface area contributed by atoms with Crippen LogP contribution >= 0.6 is 0 Å². The molecule has 1 aliphatic rings. The molecule has 25 heavy (non-hydrogen) atoms. The van der Waals surface area contributed by atoms with Gasteiger partial charge in [0.1, 0.15) is 11.6 Å². The Kier molecular flexibility index (Phi) is 7.12. The lowest BCUT2D eigenvalue weighted by atomic mass is 9.87. The van der Waals surface area contributed by atoms with Crippen molar-refractivity contribution >= 4 is 5.57 Å². The molecule has 0 aliphatic heterocycles. The summed E-state index contributed by atoms with van der Waals surface area (Å²) in [5, 5.41) is 0. The predicted molar refractivity (Wildman–Crippen MR) is 103 cm³/mol. The standard InChI is InChI=1S/C22H29F2N/c1-16-12-13-20(23)19(15-16)22-18(10-5-6-11-21(22)24)17(2)9-7-8-14-25(3)4/h5,10-13,15,17H,6-9,14H2,1-4H3. The van der Waals surface area contributed by atoms with Crippen molar-refractivity contribution in [2.24, 2.45) is 5.92 Å². The molecule has 0 saturated carbocycles. The summed E-state index contributed by atoms with van der Waals surface area (Å²) in [5.41, 5.74) is 2.63. The van der Waals surface area contributed by atoms with E-state index in [2.05, 4.69) is 25.9 Å². The Labute approximate surface area is 150 Å². The van der Waals surface area contributed by atoms with E-state index < -0.39 is 0 Å². The van der Waals surface area contributed by atoms with Gasteiger partial charge in [0, 0.05) is 11.1 Å². The van der Waals surface area contributed by atoms with Crippen LogP contribution in [0.5, 0.6) is 0 Å². The van der Waals surface area contributed by atoms with Gasteiger partial charge in [-0.3, -0.25) is 0 Å². The van der Waals surface area contributed by atoms with Crippen molar-refractivity contribution in [3.05, 3.63) is 64.8 Å². The third kappa shape index (κ3) is 5.37. The van der Waals surface area contributed by atoms with E-state index in [0.717, 1.165) is 36.9 Å². The van der Waals surface area contributed by atoms with Crippen LogP contribution in [0.4, 0.5) is 8.78 Å². The zero-order chi connectivity index (χ0) is 18.4. The van der Waals surface area contributed by atoms with Crippen LogP contribution in [0.15, 0.2) is 47.8 Å². The van der Waals surface area contributed by atoms with E-state index in [9.17, 15) is 8.78 Å². The number of hydrogen-bond acceptors (Lipinski definition) is 1. The summed E-state index contributed by atoms with van der Waals surface area (Å²) in [6, 6.07) is 4.90. The maximum absolute atomic E-state index is 14.8. The Morgan fingerprint density at radius 3 is 2.64 bits per heavy atom. The van der Waals surface area contributed by atoms with E-state index in [1.807, 2.05) is 19.1 Å². The fourth-order valence-electron chi connectivity index (χ4n) is 3.25. The average molecular weight is 345 g/mol. The average Bonchev–Trinajstić information content (AvgIpc) is 2.75. The first-order valence-corrected chi connectivity index (χ1v) is 9.08. The van der Waals surface area contributed by atoms with Gasteiger partial charge in [0.15, 0.2) is 0 Å². The molecule has 2 rings (SSSR count). The second kappa shape index (κ2) is 9.10. The maximum Gasteiger partial charge on any atom is 0.131 e. The van der Waals surface area contributed by atoms with E-state index in [1.165, 1.54) is 6.07 Å². The molecular formula is C22H29F2N. The highest BCUT2D eigenvalue weighted by Gasteiger charge is 2.21. The summed E-state index contributed by atoms with van der Waals surface area (Å²) >= 11 is 0. The predicted octanol–water partition coefficient (Wildman–Crippen LogP) is 6.07. The molecule has 1 atom stereocenters. The highest BCUT2D eigenvalue weighted by Crippen LogP contribution is 2.37. The molecule has 0 radical (unpaired) electrons. The van der Waals surface area contributed by atoms with Crippen LogP contribution in [0.25, 0.3) is 5.57 Å². The number of aryl methyl sites for hydroxylation is 1. The van der Waals surface area contributed by atoms with Gasteiger partial charge in [-0.15, -0.1) is 0 Å². The first kappa shape index (κ1) is 19.6. The summed E-state index contributed by atoms with van der Waals surface area (Å²) < 4.78 is 29.2. The SMILES string of the molecule is Cc1ccc(F)c(C2=C(C(C)CCCCN(C)C)C=CCC=C2F)c1. The molecule has 0 heterocycles. The van der Waals surface area contributed by atoms with E-state index in [1.54, 1.807) is 18.2 Å². The minimum absolute atomic E-state index is 0.186. The molecule has 1 aromatic carbocycles. The van der Waals surface area contributed by atoms with Crippen LogP contribution in [0.1, 0.15) is 43.7 Å². The van der Waals surface area contributed by atoms with Crippen molar-refractivity contribution in [1.29, 1.82) is 0 Å². The Bertz CT molecular complexity index is 683. The Morgan fingerprint density at radius 2 is 1.92 bits per heavy atom. The van der Waals surface area contributed by atoms with Gasteiger partial charge < -0.3 is 4.90 Å². The smallest absolute Gasteiger partial charge is 0.131 e. The normalized spacial score (nSPS) is 16.2. The van der Waals surface area contributed by atoms with Crippen molar-refractivity contribution in [2.45, 2.75) is 39.5 Å². The fourth-order valence-corrected chi connectivity index (χ4v) is 3.25. The van der Waals surface area contributed by atoms with Gasteiger partial charge in [0.2, 0.25) is 0 Å². The van der Waals surface area contributed by atoms with Gasteiger partial charge in [0.05, 0.1) is 0 Å². The highest BCUT2D eigenvalue weighted by molar-refractivity contribution is 5.82. The summed E-state index contributed by atoms with van der Waals surface area (Å²) in [4.78, 5) is 2.17. The molecule has 3 heteroatoms. The van der Waals surface area contributed by atoms with Crippen LogP contribution in [-0.4, -0.2) is 25.5 Å². The van der Waals surface area contributed by atoms with Crippen molar-refractivity contribution < 1.29 is 8.78 Å². The van der Waals surface area contributed by atoms with Crippen LogP contribution in [0.2, 0.25) is 0 Å². The number of hydrogen-bond donors (Lipinski definition) is 0. The lowest BCUT2D eigenvalue weighted by Crippen LogP contribution is -2.13. The van der Waals surface area contributed by atoms with Crippen LogP contribution in [0.3, 0.4) is 0 Å². The molecule has 1 aromatic rings. The minimum atomic E-state index is -0.364. The van der Waals surface area contributed by atoms with Gasteiger partial charge in [-0.05, 0) is 76.5 Å². The molecule has 0 spiro atoms. The minimum Gasteiger partial charge on any atom is -0.309 e. The molecule has 0 saturated heterocycles. The number of rotatable bonds is 7. The zero-order valence-corrected chi connectivity index (χ0v) is 15.8. The van der Waals surface area contributed by atoms with Crippen LogP contribution in [0, 0.1) is 18.7 Å². The van der Waals surface area contributed by atoms with Crippen molar-refractivity contribution in [3.63, 3.8) is 0 Å². The summed E-state index contributed by atoms with van der Waals surface area (Å²) in [7, 11) is 4.14. The Morgan fingerprint density at radius 1 is 1.16 bits per heavy atom. The molecule has 1 aliphatic carbocycles. The molecule has 0 fully saturated rings. The van der Waals surface area contributed by atoms with Gasteiger partial charge in [-0.2, -0.15) is 0 Å². The fraction of sp³-hybridized carbons (Fsp3) is 0.455. The molecule has 1 unspecified atom stereocenters. The van der Waals surface area contributed by atoms with Gasteiger partial charge in [0.25, 0.3) is 0 Å². The monoisotopic (exact) mass is 345 g/mol. The lowest BCUT2D eigenvalue weighted by Gasteiger charge is -2.19. The second-order valence-corrected chi connectivity index (χ2v) is 7.20. The number of halogens is 2. The first-order chi connectivity index (χ1) is 11.9. The number of unbranched alkanes of at least 4 members (excludes halogenated alkanes) is 1. The Balaban J connectivity index is 2.34. The van der Waals surface area contributed by atoms with Crippen molar-refractivity contribution in [1.82, 2.24) is 4.90 Å². The van der Waals surface area contributed by atoms with Crippen LogP contribution in [-0.2, 0) is 0 Å². The highest BCUT2D eigenvalue weighted by atomic mass is 19.1. The second-order valence-electron chi connectivity index (χ2n) is 7.20. The third-order valence-corrected chi connectivity index (χ3v) is 4.67. The molecule has 0 amide bonds. The van der Waals surface area contributed by atoms with E-state index in [-0.39, 0.29) is 17.6 Å². The number of allylic oxidation sites excluding steroid dienone is 6. The zero-order valence-electron chi connectivity index (χ0n) is 15.8. The number of benzene rings is 1. The van der Waals surface area contributed by atoms with Crippen molar-refractivity contribution in [2.75, 3.05) is 20.6 Å². The quantitative estimate of drug-likeness (QED) is 0.542. The van der Waals surface area contributed by atoms with Crippen LogP contribution < -0.4 is 0 Å². The molecule has 136 valence electrons. The van der Waals surface area contributed by atoms with Crippen molar-refractivity contribution in [3.8, 4) is 0 Å². The maximum atomic E-state index is 14.8. The molecule has 1 nitrogen and oxygen atoms in total. The molecule has 0 bridgehead atoms.